The maximum absolute atomic E-state index is 12.6. The molecule has 1 heterocycles. The fraction of sp³-hybridized carbons (Fsp3) is 0.0909. The third kappa shape index (κ3) is 4.35. The molecule has 3 aromatic carbocycles. The first kappa shape index (κ1) is 18.9. The number of hydrogen-bond acceptors (Lipinski definition) is 5. The molecule has 0 spiro atoms. The van der Waals surface area contributed by atoms with Crippen LogP contribution in [-0.2, 0) is 4.79 Å². The van der Waals surface area contributed by atoms with E-state index in [9.17, 15) is 4.79 Å². The average molecular weight is 401 g/mol. The molecule has 4 aromatic rings. The van der Waals surface area contributed by atoms with Crippen LogP contribution in [0.25, 0.3) is 16.8 Å². The summed E-state index contributed by atoms with van der Waals surface area (Å²) >= 11 is 1.30. The van der Waals surface area contributed by atoms with E-state index < -0.39 is 0 Å². The summed E-state index contributed by atoms with van der Waals surface area (Å²) in [4.78, 5) is 12.6. The number of carbonyl (C=O) groups excluding carboxylic acids is 1. The molecule has 4 rings (SSSR count). The van der Waals surface area contributed by atoms with Crippen LogP contribution < -0.4 is 5.32 Å². The summed E-state index contributed by atoms with van der Waals surface area (Å²) in [6.45, 7) is 2.00. The fourth-order valence-corrected chi connectivity index (χ4v) is 3.68. The lowest BCUT2D eigenvalue weighted by Crippen LogP contribution is -2.15. The first-order valence-electron chi connectivity index (χ1n) is 9.14. The zero-order valence-corrected chi connectivity index (χ0v) is 16.6. The van der Waals surface area contributed by atoms with Crippen molar-refractivity contribution >= 4 is 23.4 Å². The Hall–Kier alpha value is -3.45. The molecule has 0 aliphatic heterocycles. The lowest BCUT2D eigenvalue weighted by Gasteiger charge is -2.11. The molecule has 1 amide bonds. The first-order valence-corrected chi connectivity index (χ1v) is 10.1. The number of anilines is 1. The van der Waals surface area contributed by atoms with E-state index in [0.717, 1.165) is 28.1 Å². The SMILES string of the molecule is Cc1ccccc1-n1nnnc1SCC(=O)Nc1ccccc1-c1ccccc1. The minimum atomic E-state index is -0.113. The molecule has 0 aliphatic rings. The number of carbonyl (C=O) groups is 1. The van der Waals surface area contributed by atoms with Crippen LogP contribution in [0.15, 0.2) is 84.0 Å². The number of tetrazole rings is 1. The van der Waals surface area contributed by atoms with E-state index in [1.165, 1.54) is 11.8 Å². The average Bonchev–Trinajstić information content (AvgIpc) is 3.22. The molecule has 144 valence electrons. The Bertz CT molecular complexity index is 1130. The van der Waals surface area contributed by atoms with Crippen molar-refractivity contribution in [3.8, 4) is 16.8 Å². The number of nitrogens with one attached hydrogen (secondary N) is 1. The molecule has 0 unspecified atom stereocenters. The number of para-hydroxylation sites is 2. The standard InChI is InChI=1S/C22H19N5OS/c1-16-9-5-8-14-20(16)27-22(24-25-26-27)29-15-21(28)23-19-13-7-6-12-18(19)17-10-3-2-4-11-17/h2-14H,15H2,1H3,(H,23,28). The summed E-state index contributed by atoms with van der Waals surface area (Å²) in [5.74, 6) is 0.0905. The lowest BCUT2D eigenvalue weighted by molar-refractivity contribution is -0.113. The quantitative estimate of drug-likeness (QED) is 0.486. The number of aryl methyl sites for hydroxylation is 1. The second kappa shape index (κ2) is 8.70. The summed E-state index contributed by atoms with van der Waals surface area (Å²) in [5.41, 5.74) is 4.77. The van der Waals surface area contributed by atoms with Crippen molar-refractivity contribution in [1.82, 2.24) is 20.2 Å². The first-order chi connectivity index (χ1) is 14.2. The predicted molar refractivity (Wildman–Crippen MR) is 115 cm³/mol. The van der Waals surface area contributed by atoms with E-state index >= 15 is 0 Å². The van der Waals surface area contributed by atoms with Gasteiger partial charge in [-0.1, -0.05) is 78.5 Å². The van der Waals surface area contributed by atoms with Gasteiger partial charge in [-0.15, -0.1) is 5.10 Å². The number of rotatable bonds is 6. The summed E-state index contributed by atoms with van der Waals surface area (Å²) < 4.78 is 1.66. The molecular weight excluding hydrogens is 382 g/mol. The van der Waals surface area contributed by atoms with E-state index in [2.05, 4.69) is 20.8 Å². The molecule has 7 heteroatoms. The van der Waals surface area contributed by atoms with Gasteiger partial charge in [-0.05, 0) is 40.6 Å². The summed E-state index contributed by atoms with van der Waals surface area (Å²) in [6.07, 6.45) is 0. The lowest BCUT2D eigenvalue weighted by atomic mass is 10.0. The molecule has 0 saturated carbocycles. The Morgan fingerprint density at radius 3 is 2.52 bits per heavy atom. The molecule has 1 aromatic heterocycles. The van der Waals surface area contributed by atoms with Gasteiger partial charge in [0.2, 0.25) is 11.1 Å². The third-order valence-electron chi connectivity index (χ3n) is 4.40. The number of amides is 1. The van der Waals surface area contributed by atoms with Gasteiger partial charge in [0, 0.05) is 11.3 Å². The van der Waals surface area contributed by atoms with Crippen molar-refractivity contribution in [2.24, 2.45) is 0 Å². The minimum absolute atomic E-state index is 0.113. The van der Waals surface area contributed by atoms with E-state index in [-0.39, 0.29) is 11.7 Å². The van der Waals surface area contributed by atoms with Gasteiger partial charge in [0.25, 0.3) is 0 Å². The van der Waals surface area contributed by atoms with Crippen LogP contribution >= 0.6 is 11.8 Å². The second-order valence-corrected chi connectivity index (χ2v) is 7.35. The largest absolute Gasteiger partial charge is 0.325 e. The van der Waals surface area contributed by atoms with Gasteiger partial charge in [0.05, 0.1) is 11.4 Å². The Kier molecular flexibility index (Phi) is 5.67. The van der Waals surface area contributed by atoms with Crippen molar-refractivity contribution in [3.05, 3.63) is 84.4 Å². The summed E-state index contributed by atoms with van der Waals surface area (Å²) in [6, 6.07) is 25.6. The Labute approximate surface area is 173 Å². The van der Waals surface area contributed by atoms with Crippen molar-refractivity contribution in [2.75, 3.05) is 11.1 Å². The molecule has 1 N–H and O–H groups in total. The zero-order chi connectivity index (χ0) is 20.1. The predicted octanol–water partition coefficient (Wildman–Crippen LogP) is 4.37. The van der Waals surface area contributed by atoms with Crippen molar-refractivity contribution in [2.45, 2.75) is 12.1 Å². The topological polar surface area (TPSA) is 72.7 Å². The molecule has 0 radical (unpaired) electrons. The number of hydrogen-bond donors (Lipinski definition) is 1. The van der Waals surface area contributed by atoms with Gasteiger partial charge in [0.1, 0.15) is 0 Å². The zero-order valence-electron chi connectivity index (χ0n) is 15.8. The van der Waals surface area contributed by atoms with E-state index in [0.29, 0.717) is 5.16 Å². The van der Waals surface area contributed by atoms with Crippen LogP contribution in [0, 0.1) is 6.92 Å². The highest BCUT2D eigenvalue weighted by Crippen LogP contribution is 2.28. The summed E-state index contributed by atoms with van der Waals surface area (Å²) in [5, 5.41) is 15.5. The number of aromatic nitrogens is 4. The van der Waals surface area contributed by atoms with Gasteiger partial charge in [0.15, 0.2) is 0 Å². The second-order valence-electron chi connectivity index (χ2n) is 6.41. The summed E-state index contributed by atoms with van der Waals surface area (Å²) in [7, 11) is 0. The Morgan fingerprint density at radius 1 is 0.966 bits per heavy atom. The molecular formula is C22H19N5OS. The highest BCUT2D eigenvalue weighted by molar-refractivity contribution is 7.99. The van der Waals surface area contributed by atoms with Crippen LogP contribution in [0.3, 0.4) is 0 Å². The van der Waals surface area contributed by atoms with Crippen molar-refractivity contribution < 1.29 is 4.79 Å². The van der Waals surface area contributed by atoms with Crippen LogP contribution in [-0.4, -0.2) is 31.9 Å². The Balaban J connectivity index is 1.47. The van der Waals surface area contributed by atoms with Gasteiger partial charge in [-0.25, -0.2) is 0 Å². The van der Waals surface area contributed by atoms with E-state index in [1.54, 1.807) is 4.68 Å². The van der Waals surface area contributed by atoms with Gasteiger partial charge < -0.3 is 5.32 Å². The van der Waals surface area contributed by atoms with E-state index in [4.69, 9.17) is 0 Å². The molecule has 6 nitrogen and oxygen atoms in total. The van der Waals surface area contributed by atoms with Crippen molar-refractivity contribution in [1.29, 1.82) is 0 Å². The van der Waals surface area contributed by atoms with Gasteiger partial charge in [-0.2, -0.15) is 4.68 Å². The fourth-order valence-electron chi connectivity index (χ4n) is 3.00. The van der Waals surface area contributed by atoms with Gasteiger partial charge in [-0.3, -0.25) is 4.79 Å². The van der Waals surface area contributed by atoms with Gasteiger partial charge >= 0.3 is 0 Å². The molecule has 0 atom stereocenters. The molecule has 0 fully saturated rings. The molecule has 0 bridgehead atoms. The number of nitrogens with zero attached hydrogens (tertiary/aromatic N) is 4. The van der Waals surface area contributed by atoms with Crippen molar-refractivity contribution in [3.63, 3.8) is 0 Å². The van der Waals surface area contributed by atoms with E-state index in [1.807, 2.05) is 85.8 Å². The molecule has 29 heavy (non-hydrogen) atoms. The molecule has 0 saturated heterocycles. The normalized spacial score (nSPS) is 10.7. The minimum Gasteiger partial charge on any atom is -0.325 e. The number of thioether (sulfide) groups is 1. The van der Waals surface area contributed by atoms with Crippen LogP contribution in [0.5, 0.6) is 0 Å². The smallest absolute Gasteiger partial charge is 0.234 e. The molecule has 0 aliphatic carbocycles. The van der Waals surface area contributed by atoms with Crippen LogP contribution in [0.2, 0.25) is 0 Å². The third-order valence-corrected chi connectivity index (χ3v) is 5.32. The number of benzene rings is 3. The highest BCUT2D eigenvalue weighted by Gasteiger charge is 2.14. The Morgan fingerprint density at radius 2 is 1.69 bits per heavy atom. The van der Waals surface area contributed by atoms with Crippen LogP contribution in [0.4, 0.5) is 5.69 Å². The maximum Gasteiger partial charge on any atom is 0.234 e. The van der Waals surface area contributed by atoms with Crippen LogP contribution in [0.1, 0.15) is 5.56 Å². The maximum atomic E-state index is 12.6. The highest BCUT2D eigenvalue weighted by atomic mass is 32.2. The monoisotopic (exact) mass is 401 g/mol.